The van der Waals surface area contributed by atoms with E-state index in [0.717, 1.165) is 11.2 Å². The fourth-order valence-corrected chi connectivity index (χ4v) is 3.44. The van der Waals surface area contributed by atoms with Crippen LogP contribution >= 0.6 is 15.9 Å². The van der Waals surface area contributed by atoms with Crippen molar-refractivity contribution >= 4 is 15.9 Å². The van der Waals surface area contributed by atoms with Gasteiger partial charge in [-0.1, -0.05) is 40.9 Å². The Balaban J connectivity index is 1.77. The van der Waals surface area contributed by atoms with Crippen LogP contribution in [0.25, 0.3) is 0 Å². The predicted octanol–water partition coefficient (Wildman–Crippen LogP) is 5.66. The summed E-state index contributed by atoms with van der Waals surface area (Å²) in [6, 6.07) is 7.12. The van der Waals surface area contributed by atoms with Gasteiger partial charge >= 0.3 is 0 Å². The highest BCUT2D eigenvalue weighted by molar-refractivity contribution is 9.09. The van der Waals surface area contributed by atoms with E-state index in [4.69, 9.17) is 0 Å². The number of hydrogen-bond donors (Lipinski definition) is 0. The second-order valence-corrected chi connectivity index (χ2v) is 6.25. The van der Waals surface area contributed by atoms with Gasteiger partial charge in [0.1, 0.15) is 5.82 Å². The summed E-state index contributed by atoms with van der Waals surface area (Å²) < 4.78 is 12.9. The second kappa shape index (κ2) is 7.28. The molecule has 0 N–H and O–H groups in total. The monoisotopic (exact) mass is 312 g/mol. The zero-order valence-electron chi connectivity index (χ0n) is 10.9. The normalized spacial score (nSPS) is 24.1. The summed E-state index contributed by atoms with van der Waals surface area (Å²) in [6.07, 6.45) is 9.32. The van der Waals surface area contributed by atoms with E-state index in [1.807, 2.05) is 12.1 Å². The molecule has 0 heterocycles. The van der Waals surface area contributed by atoms with Crippen molar-refractivity contribution in [3.8, 4) is 0 Å². The smallest absolute Gasteiger partial charge is 0.123 e. The van der Waals surface area contributed by atoms with Gasteiger partial charge in [0.2, 0.25) is 0 Å². The first-order valence-corrected chi connectivity index (χ1v) is 8.23. The average Bonchev–Trinajstić information content (AvgIpc) is 2.41. The van der Waals surface area contributed by atoms with Crippen molar-refractivity contribution in [1.82, 2.24) is 0 Å². The van der Waals surface area contributed by atoms with E-state index in [9.17, 15) is 4.39 Å². The number of rotatable bonds is 5. The summed E-state index contributed by atoms with van der Waals surface area (Å²) in [6.45, 7) is 0. The Kier molecular flexibility index (Phi) is 5.68. The molecule has 1 aliphatic rings. The Morgan fingerprint density at radius 1 is 1.00 bits per heavy atom. The first kappa shape index (κ1) is 14.0. The quantitative estimate of drug-likeness (QED) is 0.486. The lowest BCUT2D eigenvalue weighted by molar-refractivity contribution is 0.304. The van der Waals surface area contributed by atoms with Crippen molar-refractivity contribution in [3.05, 3.63) is 35.6 Å². The molecule has 0 nitrogen and oxygen atoms in total. The van der Waals surface area contributed by atoms with Crippen molar-refractivity contribution < 1.29 is 4.39 Å². The highest BCUT2D eigenvalue weighted by Crippen LogP contribution is 2.37. The van der Waals surface area contributed by atoms with Crippen molar-refractivity contribution in [2.24, 2.45) is 5.92 Å². The summed E-state index contributed by atoms with van der Waals surface area (Å²) in [4.78, 5) is 0. The molecule has 2 rings (SSSR count). The standard InChI is InChI=1S/C16H22BrF/c17-12-2-1-3-13-4-6-14(7-5-13)15-8-10-16(18)11-9-15/h8-11,13-14H,1-7,12H2/t13-,14-. The molecule has 0 atom stereocenters. The molecule has 0 aliphatic heterocycles. The van der Waals surface area contributed by atoms with Gasteiger partial charge in [0, 0.05) is 5.33 Å². The molecule has 1 aromatic carbocycles. The van der Waals surface area contributed by atoms with Crippen LogP contribution in [0.5, 0.6) is 0 Å². The highest BCUT2D eigenvalue weighted by Gasteiger charge is 2.21. The molecule has 0 radical (unpaired) electrons. The predicted molar refractivity (Wildman–Crippen MR) is 78.7 cm³/mol. The van der Waals surface area contributed by atoms with Gasteiger partial charge in [0.25, 0.3) is 0 Å². The molecular formula is C16H22BrF. The Morgan fingerprint density at radius 3 is 2.28 bits per heavy atom. The molecule has 18 heavy (non-hydrogen) atoms. The summed E-state index contributed by atoms with van der Waals surface area (Å²) >= 11 is 3.49. The summed E-state index contributed by atoms with van der Waals surface area (Å²) in [5.41, 5.74) is 1.33. The van der Waals surface area contributed by atoms with Crippen molar-refractivity contribution in [1.29, 1.82) is 0 Å². The van der Waals surface area contributed by atoms with Crippen LogP contribution in [0, 0.1) is 11.7 Å². The van der Waals surface area contributed by atoms with E-state index >= 15 is 0 Å². The Hall–Kier alpha value is -0.370. The summed E-state index contributed by atoms with van der Waals surface area (Å²) in [7, 11) is 0. The lowest BCUT2D eigenvalue weighted by atomic mass is 9.77. The summed E-state index contributed by atoms with van der Waals surface area (Å²) in [5.74, 6) is 1.47. The van der Waals surface area contributed by atoms with Crippen LogP contribution in [0.3, 0.4) is 0 Å². The maximum Gasteiger partial charge on any atom is 0.123 e. The molecular weight excluding hydrogens is 291 g/mol. The zero-order chi connectivity index (χ0) is 12.8. The summed E-state index contributed by atoms with van der Waals surface area (Å²) in [5, 5.41) is 1.14. The molecule has 2 heteroatoms. The van der Waals surface area contributed by atoms with Gasteiger partial charge in [-0.25, -0.2) is 4.39 Å². The molecule has 100 valence electrons. The van der Waals surface area contributed by atoms with Crippen molar-refractivity contribution in [2.45, 2.75) is 50.9 Å². The first-order valence-electron chi connectivity index (χ1n) is 7.11. The second-order valence-electron chi connectivity index (χ2n) is 5.45. The number of halogens is 2. The lowest BCUT2D eigenvalue weighted by Gasteiger charge is -2.28. The van der Waals surface area contributed by atoms with Gasteiger partial charge in [-0.3, -0.25) is 0 Å². The van der Waals surface area contributed by atoms with Gasteiger partial charge in [-0.15, -0.1) is 0 Å². The minimum Gasteiger partial charge on any atom is -0.207 e. The van der Waals surface area contributed by atoms with Crippen LogP contribution in [0.15, 0.2) is 24.3 Å². The van der Waals surface area contributed by atoms with E-state index in [2.05, 4.69) is 15.9 Å². The molecule has 1 aliphatic carbocycles. The molecule has 1 fully saturated rings. The van der Waals surface area contributed by atoms with Gasteiger partial charge < -0.3 is 0 Å². The van der Waals surface area contributed by atoms with Gasteiger partial charge in [-0.2, -0.15) is 0 Å². The number of benzene rings is 1. The van der Waals surface area contributed by atoms with Crippen molar-refractivity contribution in [3.63, 3.8) is 0 Å². The van der Waals surface area contributed by atoms with E-state index in [1.54, 1.807) is 12.1 Å². The third-order valence-corrected chi connectivity index (χ3v) is 4.74. The topological polar surface area (TPSA) is 0 Å². The largest absolute Gasteiger partial charge is 0.207 e. The third kappa shape index (κ3) is 4.08. The van der Waals surface area contributed by atoms with Crippen LogP contribution < -0.4 is 0 Å². The molecule has 1 saturated carbocycles. The van der Waals surface area contributed by atoms with Crippen LogP contribution in [0.2, 0.25) is 0 Å². The van der Waals surface area contributed by atoms with E-state index in [1.165, 1.54) is 50.5 Å². The molecule has 0 aromatic heterocycles. The number of unbranched alkanes of at least 4 members (excludes halogenated alkanes) is 1. The van der Waals surface area contributed by atoms with Crippen LogP contribution in [0.1, 0.15) is 56.4 Å². The zero-order valence-corrected chi connectivity index (χ0v) is 12.5. The minimum absolute atomic E-state index is 0.123. The van der Waals surface area contributed by atoms with Crippen LogP contribution in [0.4, 0.5) is 4.39 Å². The Bertz CT molecular complexity index is 339. The lowest BCUT2D eigenvalue weighted by Crippen LogP contribution is -2.13. The van der Waals surface area contributed by atoms with E-state index in [-0.39, 0.29) is 5.82 Å². The molecule has 1 aromatic rings. The maximum absolute atomic E-state index is 12.9. The maximum atomic E-state index is 12.9. The van der Waals surface area contributed by atoms with E-state index in [0.29, 0.717) is 5.92 Å². The van der Waals surface area contributed by atoms with E-state index < -0.39 is 0 Å². The van der Waals surface area contributed by atoms with Gasteiger partial charge in [0.15, 0.2) is 0 Å². The number of alkyl halides is 1. The first-order chi connectivity index (χ1) is 8.79. The highest BCUT2D eigenvalue weighted by atomic mass is 79.9. The molecule has 0 spiro atoms. The molecule has 0 amide bonds. The third-order valence-electron chi connectivity index (χ3n) is 4.18. The Morgan fingerprint density at radius 2 is 1.67 bits per heavy atom. The van der Waals surface area contributed by atoms with Crippen LogP contribution in [-0.4, -0.2) is 5.33 Å². The van der Waals surface area contributed by atoms with Gasteiger partial charge in [0.05, 0.1) is 0 Å². The SMILES string of the molecule is Fc1ccc([C@H]2CC[C@H](CCCCBr)CC2)cc1. The average molecular weight is 313 g/mol. The Labute approximate surface area is 118 Å². The fourth-order valence-electron chi connectivity index (χ4n) is 3.05. The minimum atomic E-state index is -0.123. The molecule has 0 unspecified atom stereocenters. The molecule has 0 bridgehead atoms. The van der Waals surface area contributed by atoms with Crippen molar-refractivity contribution in [2.75, 3.05) is 5.33 Å². The van der Waals surface area contributed by atoms with Gasteiger partial charge in [-0.05, 0) is 61.6 Å². The number of hydrogen-bond acceptors (Lipinski definition) is 0. The van der Waals surface area contributed by atoms with Crippen LogP contribution in [-0.2, 0) is 0 Å². The fraction of sp³-hybridized carbons (Fsp3) is 0.625. The molecule has 0 saturated heterocycles.